The molecule has 0 atom stereocenters. The molecule has 0 radical (unpaired) electrons. The number of benzene rings is 1. The first-order chi connectivity index (χ1) is 15.0. The van der Waals surface area contributed by atoms with Gasteiger partial charge in [-0.1, -0.05) is 12.1 Å². The normalized spacial score (nSPS) is 11.1. The van der Waals surface area contributed by atoms with Crippen LogP contribution < -0.4 is 4.72 Å². The van der Waals surface area contributed by atoms with Crippen molar-refractivity contribution in [1.82, 2.24) is 9.71 Å². The highest BCUT2D eigenvalue weighted by molar-refractivity contribution is 7.89. The number of ketones is 2. The fraction of sp³-hybridized carbons (Fsp3) is 0.333. The number of esters is 2. The van der Waals surface area contributed by atoms with Crippen LogP contribution in [0.2, 0.25) is 0 Å². The molecule has 10 nitrogen and oxygen atoms in total. The van der Waals surface area contributed by atoms with Crippen LogP contribution in [0.1, 0.15) is 56.3 Å². The molecule has 0 unspecified atom stereocenters. The van der Waals surface area contributed by atoms with E-state index in [1.807, 2.05) is 0 Å². The second-order valence-electron chi connectivity index (χ2n) is 6.83. The lowest BCUT2D eigenvalue weighted by Gasteiger charge is -2.08. The molecule has 0 aliphatic rings. The smallest absolute Gasteiger partial charge is 0.355 e. The highest BCUT2D eigenvalue weighted by Gasteiger charge is 2.24. The molecule has 0 fully saturated rings. The highest BCUT2D eigenvalue weighted by atomic mass is 32.2. The molecule has 0 aliphatic heterocycles. The summed E-state index contributed by atoms with van der Waals surface area (Å²) in [5.74, 6) is -2.33. The van der Waals surface area contributed by atoms with E-state index in [1.165, 1.54) is 31.2 Å². The number of ether oxygens (including phenoxy) is 2. The molecule has 2 rings (SSSR count). The molecule has 1 aromatic carbocycles. The van der Waals surface area contributed by atoms with Gasteiger partial charge in [-0.25, -0.2) is 13.2 Å². The van der Waals surface area contributed by atoms with Gasteiger partial charge in [-0.2, -0.15) is 4.72 Å². The summed E-state index contributed by atoms with van der Waals surface area (Å²) in [5.41, 5.74) is 1.48. The number of aryl methyl sites for hydroxylation is 1. The Kier molecular flexibility index (Phi) is 8.06. The summed E-state index contributed by atoms with van der Waals surface area (Å²) in [6.45, 7) is 5.02. The minimum Gasteiger partial charge on any atom is -0.461 e. The number of rotatable bonds is 10. The minimum atomic E-state index is -4.02. The van der Waals surface area contributed by atoms with Crippen LogP contribution in [0.5, 0.6) is 0 Å². The van der Waals surface area contributed by atoms with Gasteiger partial charge in [0.1, 0.15) is 12.2 Å². The minimum absolute atomic E-state index is 0.128. The van der Waals surface area contributed by atoms with Crippen molar-refractivity contribution in [1.29, 1.82) is 0 Å². The molecule has 0 spiro atoms. The molecule has 0 amide bonds. The van der Waals surface area contributed by atoms with Crippen molar-refractivity contribution < 1.29 is 37.1 Å². The van der Waals surface area contributed by atoms with Gasteiger partial charge < -0.3 is 14.5 Å². The first-order valence-corrected chi connectivity index (χ1v) is 11.1. The quantitative estimate of drug-likeness (QED) is 0.399. The van der Waals surface area contributed by atoms with Gasteiger partial charge in [-0.15, -0.1) is 0 Å². The first-order valence-electron chi connectivity index (χ1n) is 9.63. The number of aromatic amines is 1. The van der Waals surface area contributed by atoms with Crippen LogP contribution in [0.4, 0.5) is 0 Å². The summed E-state index contributed by atoms with van der Waals surface area (Å²) in [5, 5.41) is 0. The van der Waals surface area contributed by atoms with Crippen molar-refractivity contribution >= 4 is 33.5 Å². The maximum atomic E-state index is 12.5. The van der Waals surface area contributed by atoms with Gasteiger partial charge in [0.05, 0.1) is 11.5 Å². The molecular weight excluding hydrogens is 440 g/mol. The molecule has 0 bridgehead atoms. The number of carbonyl (C=O) groups excluding carboxylic acids is 4. The van der Waals surface area contributed by atoms with Gasteiger partial charge in [0.25, 0.3) is 0 Å². The van der Waals surface area contributed by atoms with E-state index in [0.717, 1.165) is 0 Å². The lowest BCUT2D eigenvalue weighted by molar-refractivity contribution is -0.141. The third-order valence-corrected chi connectivity index (χ3v) is 5.95. The maximum absolute atomic E-state index is 12.5. The van der Waals surface area contributed by atoms with Crippen LogP contribution >= 0.6 is 0 Å². The Balaban J connectivity index is 1.96. The summed E-state index contributed by atoms with van der Waals surface area (Å²) < 4.78 is 36.4. The number of Topliss-reactive ketones (excluding diaryl/α,β-unsaturated/α-hetero) is 2. The molecule has 0 saturated heterocycles. The number of nitrogens with one attached hydrogen (secondary N) is 2. The lowest BCUT2D eigenvalue weighted by atomic mass is 10.1. The Labute approximate surface area is 185 Å². The molecule has 172 valence electrons. The highest BCUT2D eigenvalue weighted by Crippen LogP contribution is 2.19. The van der Waals surface area contributed by atoms with E-state index < -0.39 is 40.9 Å². The van der Waals surface area contributed by atoms with Crippen LogP contribution in [0, 0.1) is 13.8 Å². The molecule has 11 heteroatoms. The molecule has 2 N–H and O–H groups in total. The third kappa shape index (κ3) is 5.89. The predicted octanol–water partition coefficient (Wildman–Crippen LogP) is 1.72. The topological polar surface area (TPSA) is 149 Å². The fourth-order valence-electron chi connectivity index (χ4n) is 2.95. The molecule has 0 aliphatic carbocycles. The van der Waals surface area contributed by atoms with Crippen LogP contribution in [-0.2, 0) is 24.3 Å². The number of carbonyl (C=O) groups is 4. The standard InChI is InChI=1S/C21H24N2O8S/c1-5-30-21(27)20-12(2)19(13(3)23-20)17(25)11-31-18(26)10-22-32(28,29)16-8-6-15(7-9-16)14(4)24/h6-9,22-23H,5,10-11H2,1-4H3. The van der Waals surface area contributed by atoms with Gasteiger partial charge in [0.2, 0.25) is 15.8 Å². The zero-order valence-electron chi connectivity index (χ0n) is 18.1. The van der Waals surface area contributed by atoms with E-state index in [1.54, 1.807) is 20.8 Å². The molecular formula is C21H24N2O8S. The molecule has 32 heavy (non-hydrogen) atoms. The van der Waals surface area contributed by atoms with E-state index in [0.29, 0.717) is 16.8 Å². The number of hydrogen-bond acceptors (Lipinski definition) is 8. The van der Waals surface area contributed by atoms with Crippen molar-refractivity contribution in [2.24, 2.45) is 0 Å². The Morgan fingerprint density at radius 1 is 1.03 bits per heavy atom. The summed E-state index contributed by atoms with van der Waals surface area (Å²) in [7, 11) is -4.02. The number of hydrogen-bond donors (Lipinski definition) is 2. The van der Waals surface area contributed by atoms with E-state index in [4.69, 9.17) is 9.47 Å². The number of aromatic nitrogens is 1. The summed E-state index contributed by atoms with van der Waals surface area (Å²) in [6.07, 6.45) is 0. The van der Waals surface area contributed by atoms with Crippen LogP contribution in [-0.4, -0.2) is 56.7 Å². The van der Waals surface area contributed by atoms with Crippen molar-refractivity contribution in [3.05, 3.63) is 52.3 Å². The van der Waals surface area contributed by atoms with Crippen molar-refractivity contribution in [3.63, 3.8) is 0 Å². The van der Waals surface area contributed by atoms with E-state index in [9.17, 15) is 27.6 Å². The lowest BCUT2D eigenvalue weighted by Crippen LogP contribution is -2.31. The second kappa shape index (κ2) is 10.3. The van der Waals surface area contributed by atoms with Gasteiger partial charge in [-0.3, -0.25) is 14.4 Å². The largest absolute Gasteiger partial charge is 0.461 e. The average Bonchev–Trinajstić information content (AvgIpc) is 3.05. The van der Waals surface area contributed by atoms with Crippen molar-refractivity contribution in [2.75, 3.05) is 19.8 Å². The Bertz CT molecular complexity index is 1150. The van der Waals surface area contributed by atoms with E-state index in [-0.39, 0.29) is 28.5 Å². The SMILES string of the molecule is CCOC(=O)c1[nH]c(C)c(C(=O)COC(=O)CNS(=O)(=O)c2ccc(C(C)=O)cc2)c1C. The van der Waals surface area contributed by atoms with Crippen LogP contribution in [0.25, 0.3) is 0 Å². The zero-order valence-corrected chi connectivity index (χ0v) is 18.9. The second-order valence-corrected chi connectivity index (χ2v) is 8.60. The number of sulfonamides is 1. The number of H-pyrrole nitrogens is 1. The Morgan fingerprint density at radius 3 is 2.22 bits per heavy atom. The summed E-state index contributed by atoms with van der Waals surface area (Å²) in [6, 6.07) is 5.21. The zero-order chi connectivity index (χ0) is 24.1. The Hall–Kier alpha value is -3.31. The van der Waals surface area contributed by atoms with Crippen molar-refractivity contribution in [2.45, 2.75) is 32.6 Å². The summed E-state index contributed by atoms with van der Waals surface area (Å²) in [4.78, 5) is 50.3. The van der Waals surface area contributed by atoms with Crippen molar-refractivity contribution in [3.8, 4) is 0 Å². The van der Waals surface area contributed by atoms with Gasteiger partial charge in [0.15, 0.2) is 12.4 Å². The van der Waals surface area contributed by atoms with Gasteiger partial charge in [0, 0.05) is 16.8 Å². The molecule has 1 aromatic heterocycles. The monoisotopic (exact) mass is 464 g/mol. The molecule has 0 saturated carbocycles. The van der Waals surface area contributed by atoms with E-state index in [2.05, 4.69) is 9.71 Å². The molecule has 1 heterocycles. The Morgan fingerprint density at radius 2 is 1.66 bits per heavy atom. The fourth-order valence-corrected chi connectivity index (χ4v) is 3.92. The van der Waals surface area contributed by atoms with Gasteiger partial charge >= 0.3 is 11.9 Å². The predicted molar refractivity (Wildman–Crippen MR) is 113 cm³/mol. The van der Waals surface area contributed by atoms with E-state index >= 15 is 0 Å². The molecule has 2 aromatic rings. The first kappa shape index (κ1) is 25.0. The maximum Gasteiger partial charge on any atom is 0.355 e. The third-order valence-electron chi connectivity index (χ3n) is 4.54. The average molecular weight is 464 g/mol. The summed E-state index contributed by atoms with van der Waals surface area (Å²) >= 11 is 0. The van der Waals surface area contributed by atoms with Crippen LogP contribution in [0.15, 0.2) is 29.2 Å². The van der Waals surface area contributed by atoms with Gasteiger partial charge in [-0.05, 0) is 45.4 Å². The van der Waals surface area contributed by atoms with Crippen LogP contribution in [0.3, 0.4) is 0 Å².